The largest absolute Gasteiger partial charge is 0.326 e. The highest BCUT2D eigenvalue weighted by Crippen LogP contribution is 2.28. The predicted molar refractivity (Wildman–Crippen MR) is 73.8 cm³/mol. The Labute approximate surface area is 117 Å². The third kappa shape index (κ3) is 2.82. The quantitative estimate of drug-likeness (QED) is 0.637. The van der Waals surface area contributed by atoms with E-state index in [4.69, 9.17) is 5.73 Å². The molecule has 0 heterocycles. The molecule has 20 heavy (non-hydrogen) atoms. The third-order valence-electron chi connectivity index (χ3n) is 3.53. The van der Waals surface area contributed by atoms with Gasteiger partial charge in [-0.2, -0.15) is 0 Å². The van der Waals surface area contributed by atoms with Crippen LogP contribution < -0.4 is 10.5 Å². The Balaban J connectivity index is 2.41. The van der Waals surface area contributed by atoms with Gasteiger partial charge in [0.25, 0.3) is 5.69 Å². The van der Waals surface area contributed by atoms with Crippen LogP contribution in [0.15, 0.2) is 23.1 Å². The molecule has 1 fully saturated rings. The number of nitrogens with zero attached hydrogens (tertiary/aromatic N) is 1. The zero-order valence-corrected chi connectivity index (χ0v) is 11.9. The van der Waals surface area contributed by atoms with E-state index in [1.807, 2.05) is 0 Å². The molecule has 1 aromatic rings. The molecular weight excluding hydrogens is 282 g/mol. The minimum absolute atomic E-state index is 0.243. The van der Waals surface area contributed by atoms with Crippen LogP contribution in [0.2, 0.25) is 0 Å². The molecule has 1 aliphatic carbocycles. The number of nitro benzene ring substituents is 1. The molecule has 110 valence electrons. The lowest BCUT2D eigenvalue weighted by atomic mass is 10.2. The van der Waals surface area contributed by atoms with E-state index in [1.54, 1.807) is 0 Å². The van der Waals surface area contributed by atoms with Crippen molar-refractivity contribution in [1.82, 2.24) is 4.72 Å². The number of benzene rings is 1. The Morgan fingerprint density at radius 2 is 2.10 bits per heavy atom. The number of nitro groups is 1. The second-order valence-corrected chi connectivity index (χ2v) is 6.65. The van der Waals surface area contributed by atoms with Gasteiger partial charge < -0.3 is 5.73 Å². The first-order chi connectivity index (χ1) is 9.33. The molecule has 2 unspecified atom stereocenters. The smallest absolute Gasteiger partial charge is 0.289 e. The molecule has 0 amide bonds. The van der Waals surface area contributed by atoms with Gasteiger partial charge in [0.15, 0.2) is 4.90 Å². The lowest BCUT2D eigenvalue weighted by Gasteiger charge is -2.18. The van der Waals surface area contributed by atoms with Crippen molar-refractivity contribution in [2.24, 2.45) is 5.73 Å². The zero-order chi connectivity index (χ0) is 14.9. The van der Waals surface area contributed by atoms with Crippen LogP contribution in [0, 0.1) is 17.0 Å². The molecule has 1 aromatic carbocycles. The molecule has 3 N–H and O–H groups in total. The van der Waals surface area contributed by atoms with Gasteiger partial charge in [0, 0.05) is 18.2 Å². The summed E-state index contributed by atoms with van der Waals surface area (Å²) in [6, 6.07) is 3.59. The fourth-order valence-electron chi connectivity index (χ4n) is 2.52. The Kier molecular flexibility index (Phi) is 4.07. The van der Waals surface area contributed by atoms with Gasteiger partial charge >= 0.3 is 0 Å². The normalized spacial score (nSPS) is 22.9. The topological polar surface area (TPSA) is 115 Å². The Bertz CT molecular complexity index is 630. The highest BCUT2D eigenvalue weighted by Gasteiger charge is 2.33. The zero-order valence-electron chi connectivity index (χ0n) is 11.1. The fourth-order valence-corrected chi connectivity index (χ4v) is 4.24. The van der Waals surface area contributed by atoms with E-state index in [0.717, 1.165) is 12.8 Å². The van der Waals surface area contributed by atoms with Crippen molar-refractivity contribution < 1.29 is 13.3 Å². The van der Waals surface area contributed by atoms with Gasteiger partial charge in [0.2, 0.25) is 10.0 Å². The summed E-state index contributed by atoms with van der Waals surface area (Å²) in [5.41, 5.74) is 5.77. The highest BCUT2D eigenvalue weighted by molar-refractivity contribution is 7.89. The molecule has 0 radical (unpaired) electrons. The lowest BCUT2D eigenvalue weighted by Crippen LogP contribution is -2.44. The van der Waals surface area contributed by atoms with Crippen LogP contribution in [0.5, 0.6) is 0 Å². The van der Waals surface area contributed by atoms with Crippen LogP contribution in [-0.2, 0) is 10.0 Å². The summed E-state index contributed by atoms with van der Waals surface area (Å²) >= 11 is 0. The molecule has 0 bridgehead atoms. The van der Waals surface area contributed by atoms with Gasteiger partial charge in [0.05, 0.1) is 4.92 Å². The van der Waals surface area contributed by atoms with Crippen LogP contribution in [0.25, 0.3) is 0 Å². The van der Waals surface area contributed by atoms with Gasteiger partial charge in [-0.05, 0) is 25.3 Å². The number of hydrogen-bond donors (Lipinski definition) is 2. The maximum Gasteiger partial charge on any atom is 0.289 e. The number of rotatable bonds is 4. The Hall–Kier alpha value is -1.51. The second-order valence-electron chi connectivity index (χ2n) is 5.00. The SMILES string of the molecule is Cc1cccc([N+](=O)[O-])c1S(=O)(=O)NC1CCCC1N. The van der Waals surface area contributed by atoms with Crippen molar-refractivity contribution in [1.29, 1.82) is 0 Å². The van der Waals surface area contributed by atoms with E-state index in [-0.39, 0.29) is 17.0 Å². The number of aryl methyl sites for hydroxylation is 1. The van der Waals surface area contributed by atoms with Crippen LogP contribution in [-0.4, -0.2) is 25.4 Å². The van der Waals surface area contributed by atoms with Crippen molar-refractivity contribution in [2.45, 2.75) is 43.2 Å². The first-order valence-corrected chi connectivity index (χ1v) is 7.83. The maximum atomic E-state index is 12.4. The molecule has 0 saturated heterocycles. The van der Waals surface area contributed by atoms with Crippen LogP contribution in [0.1, 0.15) is 24.8 Å². The summed E-state index contributed by atoms with van der Waals surface area (Å²) in [7, 11) is -3.95. The summed E-state index contributed by atoms with van der Waals surface area (Å²) in [6.45, 7) is 1.54. The van der Waals surface area contributed by atoms with Crippen molar-refractivity contribution in [2.75, 3.05) is 0 Å². The summed E-state index contributed by atoms with van der Waals surface area (Å²) in [5, 5.41) is 11.0. The van der Waals surface area contributed by atoms with Crippen LogP contribution >= 0.6 is 0 Å². The van der Waals surface area contributed by atoms with E-state index < -0.39 is 20.6 Å². The van der Waals surface area contributed by atoms with Crippen LogP contribution in [0.3, 0.4) is 0 Å². The van der Waals surface area contributed by atoms with Gasteiger partial charge in [0.1, 0.15) is 0 Å². The average Bonchev–Trinajstić information content (AvgIpc) is 2.73. The first kappa shape index (κ1) is 14.9. The molecule has 0 spiro atoms. The van der Waals surface area contributed by atoms with E-state index in [9.17, 15) is 18.5 Å². The number of sulfonamides is 1. The maximum absolute atomic E-state index is 12.4. The standard InChI is InChI=1S/C12H17N3O4S/c1-8-4-2-7-11(15(16)17)12(8)20(18,19)14-10-6-3-5-9(10)13/h2,4,7,9-10,14H,3,5-6,13H2,1H3. The summed E-state index contributed by atoms with van der Waals surface area (Å²) in [5.74, 6) is 0. The van der Waals surface area contributed by atoms with E-state index in [1.165, 1.54) is 25.1 Å². The molecule has 7 nitrogen and oxygen atoms in total. The average molecular weight is 299 g/mol. The molecule has 0 aromatic heterocycles. The first-order valence-electron chi connectivity index (χ1n) is 6.35. The summed E-state index contributed by atoms with van der Waals surface area (Å²) in [6.07, 6.45) is 2.26. The minimum Gasteiger partial charge on any atom is -0.326 e. The molecular formula is C12H17N3O4S. The highest BCUT2D eigenvalue weighted by atomic mass is 32.2. The van der Waals surface area contributed by atoms with Gasteiger partial charge in [-0.15, -0.1) is 0 Å². The number of nitrogens with two attached hydrogens (primary N) is 1. The van der Waals surface area contributed by atoms with Crippen molar-refractivity contribution in [3.63, 3.8) is 0 Å². The summed E-state index contributed by atoms with van der Waals surface area (Å²) < 4.78 is 27.3. The molecule has 1 aliphatic rings. The third-order valence-corrected chi connectivity index (χ3v) is 5.21. The second kappa shape index (κ2) is 5.47. The lowest BCUT2D eigenvalue weighted by molar-refractivity contribution is -0.387. The molecule has 2 rings (SSSR count). The monoisotopic (exact) mass is 299 g/mol. The fraction of sp³-hybridized carbons (Fsp3) is 0.500. The van der Waals surface area contributed by atoms with Gasteiger partial charge in [-0.25, -0.2) is 13.1 Å². The number of nitrogens with one attached hydrogen (secondary N) is 1. The molecule has 2 atom stereocenters. The van der Waals surface area contributed by atoms with Crippen molar-refractivity contribution in [3.05, 3.63) is 33.9 Å². The van der Waals surface area contributed by atoms with Crippen molar-refractivity contribution >= 4 is 15.7 Å². The Morgan fingerprint density at radius 1 is 1.40 bits per heavy atom. The molecule has 1 saturated carbocycles. The van der Waals surface area contributed by atoms with Gasteiger partial charge in [-0.1, -0.05) is 18.6 Å². The van der Waals surface area contributed by atoms with E-state index in [2.05, 4.69) is 4.72 Å². The molecule has 8 heteroatoms. The summed E-state index contributed by atoms with van der Waals surface area (Å²) in [4.78, 5) is 10.1. The minimum atomic E-state index is -3.95. The number of hydrogen-bond acceptors (Lipinski definition) is 5. The predicted octanol–water partition coefficient (Wildman–Crippen LogP) is 1.06. The van der Waals surface area contributed by atoms with Crippen LogP contribution in [0.4, 0.5) is 5.69 Å². The molecule has 0 aliphatic heterocycles. The van der Waals surface area contributed by atoms with Crippen molar-refractivity contribution in [3.8, 4) is 0 Å². The van der Waals surface area contributed by atoms with E-state index in [0.29, 0.717) is 12.0 Å². The van der Waals surface area contributed by atoms with E-state index >= 15 is 0 Å². The van der Waals surface area contributed by atoms with Gasteiger partial charge in [-0.3, -0.25) is 10.1 Å². The Morgan fingerprint density at radius 3 is 2.65 bits per heavy atom.